The first-order chi connectivity index (χ1) is 9.65. The van der Waals surface area contributed by atoms with Crippen LogP contribution in [0.4, 0.5) is 11.4 Å². The fourth-order valence-corrected chi connectivity index (χ4v) is 2.74. The summed E-state index contributed by atoms with van der Waals surface area (Å²) in [6.07, 6.45) is 2.48. The van der Waals surface area contributed by atoms with Crippen LogP contribution in [0.5, 0.6) is 0 Å². The van der Waals surface area contributed by atoms with E-state index >= 15 is 0 Å². The highest BCUT2D eigenvalue weighted by Crippen LogP contribution is 2.22. The third-order valence-electron chi connectivity index (χ3n) is 3.91. The predicted octanol–water partition coefficient (Wildman–Crippen LogP) is 1.95. The summed E-state index contributed by atoms with van der Waals surface area (Å²) < 4.78 is 4.68. The molecule has 1 atom stereocenters. The van der Waals surface area contributed by atoms with Gasteiger partial charge >= 0.3 is 5.97 Å². The van der Waals surface area contributed by atoms with Gasteiger partial charge in [-0.25, -0.2) is 4.79 Å². The Morgan fingerprint density at radius 1 is 1.55 bits per heavy atom. The number of ether oxygens (including phenoxy) is 1. The summed E-state index contributed by atoms with van der Waals surface area (Å²) in [5, 5.41) is 3.38. The summed E-state index contributed by atoms with van der Waals surface area (Å²) in [6, 6.07) is 5.80. The Balaban J connectivity index is 1.98. The third kappa shape index (κ3) is 3.22. The van der Waals surface area contributed by atoms with Crippen molar-refractivity contribution in [3.8, 4) is 0 Å². The van der Waals surface area contributed by atoms with Crippen LogP contribution in [0, 0.1) is 0 Å². The van der Waals surface area contributed by atoms with Gasteiger partial charge in [0.2, 0.25) is 0 Å². The number of nitrogens with one attached hydrogen (secondary N) is 1. The number of nitrogen functional groups attached to an aromatic ring is 1. The van der Waals surface area contributed by atoms with Gasteiger partial charge in [-0.1, -0.05) is 6.92 Å². The van der Waals surface area contributed by atoms with Crippen LogP contribution < -0.4 is 11.1 Å². The zero-order valence-corrected chi connectivity index (χ0v) is 12.2. The highest BCUT2D eigenvalue weighted by Gasteiger charge is 2.22. The van der Waals surface area contributed by atoms with Gasteiger partial charge in [0, 0.05) is 12.6 Å². The second-order valence-corrected chi connectivity index (χ2v) is 5.10. The molecule has 0 aromatic heterocycles. The zero-order chi connectivity index (χ0) is 14.5. The van der Waals surface area contributed by atoms with Crippen molar-refractivity contribution in [2.45, 2.75) is 25.8 Å². The van der Waals surface area contributed by atoms with E-state index in [1.165, 1.54) is 26.5 Å². The maximum atomic E-state index is 11.4. The van der Waals surface area contributed by atoms with Crippen LogP contribution in [0.1, 0.15) is 30.1 Å². The van der Waals surface area contributed by atoms with Crippen LogP contribution in [-0.4, -0.2) is 43.7 Å². The number of hydrogen-bond donors (Lipinski definition) is 2. The first-order valence-electron chi connectivity index (χ1n) is 7.11. The zero-order valence-electron chi connectivity index (χ0n) is 12.2. The van der Waals surface area contributed by atoms with Crippen LogP contribution in [-0.2, 0) is 4.74 Å². The molecule has 3 N–H and O–H groups in total. The molecule has 2 rings (SSSR count). The molecule has 0 radical (unpaired) electrons. The molecule has 0 aliphatic carbocycles. The number of nitrogens with zero attached hydrogens (tertiary/aromatic N) is 1. The Labute approximate surface area is 120 Å². The second kappa shape index (κ2) is 6.61. The van der Waals surface area contributed by atoms with Gasteiger partial charge < -0.3 is 15.8 Å². The minimum atomic E-state index is -0.365. The van der Waals surface area contributed by atoms with Gasteiger partial charge in [0.15, 0.2) is 0 Å². The van der Waals surface area contributed by atoms with Crippen molar-refractivity contribution < 1.29 is 9.53 Å². The molecule has 1 fully saturated rings. The molecular formula is C15H23N3O2. The number of hydrogen-bond acceptors (Lipinski definition) is 5. The van der Waals surface area contributed by atoms with Gasteiger partial charge in [-0.2, -0.15) is 0 Å². The van der Waals surface area contributed by atoms with Crippen molar-refractivity contribution >= 4 is 17.3 Å². The van der Waals surface area contributed by atoms with Gasteiger partial charge in [0.25, 0.3) is 0 Å². The lowest BCUT2D eigenvalue weighted by Crippen LogP contribution is -2.34. The number of methoxy groups -OCH3 is 1. The Morgan fingerprint density at radius 2 is 2.35 bits per heavy atom. The summed E-state index contributed by atoms with van der Waals surface area (Å²) in [4.78, 5) is 13.9. The fourth-order valence-electron chi connectivity index (χ4n) is 2.74. The fraction of sp³-hybridized carbons (Fsp3) is 0.533. The van der Waals surface area contributed by atoms with E-state index in [1.807, 2.05) is 6.07 Å². The molecule has 0 bridgehead atoms. The number of carbonyl (C=O) groups is 1. The molecule has 110 valence electrons. The van der Waals surface area contributed by atoms with E-state index in [2.05, 4.69) is 21.9 Å². The minimum Gasteiger partial charge on any atom is -0.465 e. The van der Waals surface area contributed by atoms with Crippen molar-refractivity contribution in [2.75, 3.05) is 37.8 Å². The quantitative estimate of drug-likeness (QED) is 0.636. The highest BCUT2D eigenvalue weighted by atomic mass is 16.5. The monoisotopic (exact) mass is 277 g/mol. The summed E-state index contributed by atoms with van der Waals surface area (Å²) >= 11 is 0. The molecule has 0 amide bonds. The van der Waals surface area contributed by atoms with E-state index in [1.54, 1.807) is 12.1 Å². The van der Waals surface area contributed by atoms with E-state index < -0.39 is 0 Å². The standard InChI is InChI=1S/C15H23N3O2/c1-3-18-8-4-5-12(18)10-17-14-7-6-11(9-13(14)16)15(19)20-2/h6-7,9,12,17H,3-5,8,10,16H2,1-2H3. The van der Waals surface area contributed by atoms with Gasteiger partial charge in [-0.15, -0.1) is 0 Å². The average molecular weight is 277 g/mol. The number of benzene rings is 1. The Bertz CT molecular complexity index is 476. The lowest BCUT2D eigenvalue weighted by molar-refractivity contribution is 0.0601. The largest absolute Gasteiger partial charge is 0.465 e. The van der Waals surface area contributed by atoms with E-state index in [-0.39, 0.29) is 5.97 Å². The van der Waals surface area contributed by atoms with Crippen molar-refractivity contribution in [1.82, 2.24) is 4.90 Å². The summed E-state index contributed by atoms with van der Waals surface area (Å²) in [5.41, 5.74) is 7.91. The molecule has 1 heterocycles. The van der Waals surface area contributed by atoms with Crippen LogP contribution in [0.15, 0.2) is 18.2 Å². The van der Waals surface area contributed by atoms with Gasteiger partial charge in [-0.3, -0.25) is 4.90 Å². The van der Waals surface area contributed by atoms with Crippen molar-refractivity contribution in [1.29, 1.82) is 0 Å². The number of likely N-dealkylation sites (tertiary alicyclic amines) is 1. The minimum absolute atomic E-state index is 0.365. The van der Waals surface area contributed by atoms with Crippen LogP contribution in [0.2, 0.25) is 0 Å². The Hall–Kier alpha value is -1.75. The van der Waals surface area contributed by atoms with Crippen molar-refractivity contribution in [2.24, 2.45) is 0 Å². The molecule has 0 saturated carbocycles. The lowest BCUT2D eigenvalue weighted by atomic mass is 10.1. The van der Waals surface area contributed by atoms with E-state index in [0.717, 1.165) is 18.8 Å². The summed E-state index contributed by atoms with van der Waals surface area (Å²) in [6.45, 7) is 5.34. The maximum Gasteiger partial charge on any atom is 0.337 e. The lowest BCUT2D eigenvalue weighted by Gasteiger charge is -2.23. The smallest absolute Gasteiger partial charge is 0.337 e. The number of anilines is 2. The molecule has 1 aliphatic heterocycles. The average Bonchev–Trinajstić information content (AvgIpc) is 2.92. The molecule has 5 nitrogen and oxygen atoms in total. The molecule has 0 spiro atoms. The van der Waals surface area contributed by atoms with Gasteiger partial charge in [0.1, 0.15) is 0 Å². The first-order valence-corrected chi connectivity index (χ1v) is 7.11. The number of likely N-dealkylation sites (N-methyl/N-ethyl adjacent to an activating group) is 1. The van der Waals surface area contributed by atoms with Crippen LogP contribution >= 0.6 is 0 Å². The van der Waals surface area contributed by atoms with E-state index in [4.69, 9.17) is 5.73 Å². The van der Waals surface area contributed by atoms with Crippen LogP contribution in [0.25, 0.3) is 0 Å². The maximum absolute atomic E-state index is 11.4. The topological polar surface area (TPSA) is 67.6 Å². The number of nitrogens with two attached hydrogens (primary N) is 1. The van der Waals surface area contributed by atoms with Crippen molar-refractivity contribution in [3.05, 3.63) is 23.8 Å². The SMILES string of the molecule is CCN1CCCC1CNc1ccc(C(=O)OC)cc1N. The molecule has 1 unspecified atom stereocenters. The van der Waals surface area contributed by atoms with Gasteiger partial charge in [0.05, 0.1) is 24.0 Å². The number of carbonyl (C=O) groups excluding carboxylic acids is 1. The second-order valence-electron chi connectivity index (χ2n) is 5.10. The number of rotatable bonds is 5. The van der Waals surface area contributed by atoms with Crippen LogP contribution in [0.3, 0.4) is 0 Å². The van der Waals surface area contributed by atoms with Crippen molar-refractivity contribution in [3.63, 3.8) is 0 Å². The summed E-state index contributed by atoms with van der Waals surface area (Å²) in [5.74, 6) is -0.365. The first kappa shape index (κ1) is 14.7. The molecule has 1 saturated heterocycles. The predicted molar refractivity (Wildman–Crippen MR) is 81.0 cm³/mol. The molecule has 1 aliphatic rings. The van der Waals surface area contributed by atoms with E-state index in [0.29, 0.717) is 17.3 Å². The molecule has 1 aromatic rings. The molecule has 20 heavy (non-hydrogen) atoms. The molecular weight excluding hydrogens is 254 g/mol. The Morgan fingerprint density at radius 3 is 3.00 bits per heavy atom. The molecule has 1 aromatic carbocycles. The molecule has 5 heteroatoms. The normalized spacial score (nSPS) is 19.0. The highest BCUT2D eigenvalue weighted by molar-refractivity contribution is 5.91. The number of esters is 1. The Kier molecular flexibility index (Phi) is 4.84. The van der Waals surface area contributed by atoms with Gasteiger partial charge in [-0.05, 0) is 44.1 Å². The summed E-state index contributed by atoms with van der Waals surface area (Å²) in [7, 11) is 1.37. The third-order valence-corrected chi connectivity index (χ3v) is 3.91. The van der Waals surface area contributed by atoms with E-state index in [9.17, 15) is 4.79 Å².